The van der Waals surface area contributed by atoms with Crippen molar-refractivity contribution in [2.75, 3.05) is 6.54 Å². The number of rotatable bonds is 2. The Hall–Kier alpha value is -1.84. The molecule has 0 spiro atoms. The fourth-order valence-corrected chi connectivity index (χ4v) is 2.37. The monoisotopic (exact) mass is 275 g/mol. The van der Waals surface area contributed by atoms with E-state index in [0.29, 0.717) is 18.5 Å². The fourth-order valence-electron chi connectivity index (χ4n) is 2.37. The van der Waals surface area contributed by atoms with Gasteiger partial charge < -0.3 is 4.74 Å². The van der Waals surface area contributed by atoms with Gasteiger partial charge in [-0.1, -0.05) is 30.3 Å². The topological polar surface area (TPSA) is 46.6 Å². The summed E-state index contributed by atoms with van der Waals surface area (Å²) in [6, 6.07) is 8.71. The lowest BCUT2D eigenvalue weighted by atomic mass is 10.0. The van der Waals surface area contributed by atoms with Gasteiger partial charge in [0.05, 0.1) is 6.04 Å². The molecule has 108 valence electrons. The maximum atomic E-state index is 12.5. The number of carbonyl (C=O) groups excluding carboxylic acids is 2. The molecule has 20 heavy (non-hydrogen) atoms. The Morgan fingerprint density at radius 2 is 1.85 bits per heavy atom. The number of amides is 1. The van der Waals surface area contributed by atoms with Gasteiger partial charge in [0.1, 0.15) is 5.60 Å². The normalized spacial score (nSPS) is 18.9. The number of carbonyl (C=O) groups is 2. The van der Waals surface area contributed by atoms with Crippen molar-refractivity contribution >= 4 is 11.9 Å². The molecule has 4 nitrogen and oxygen atoms in total. The van der Waals surface area contributed by atoms with Gasteiger partial charge in [0.25, 0.3) is 0 Å². The Morgan fingerprint density at radius 3 is 2.45 bits per heavy atom. The van der Waals surface area contributed by atoms with Crippen LogP contribution in [-0.2, 0) is 4.74 Å². The van der Waals surface area contributed by atoms with Gasteiger partial charge in [0, 0.05) is 12.1 Å². The maximum absolute atomic E-state index is 12.5. The first-order chi connectivity index (χ1) is 9.38. The smallest absolute Gasteiger partial charge is 0.410 e. The molecule has 1 aromatic carbocycles. The van der Waals surface area contributed by atoms with Crippen LogP contribution < -0.4 is 0 Å². The van der Waals surface area contributed by atoms with Gasteiger partial charge in [-0.05, 0) is 33.6 Å². The van der Waals surface area contributed by atoms with Crippen molar-refractivity contribution in [1.82, 2.24) is 4.90 Å². The standard InChI is InChI=1S/C16H21NO3/c1-16(2,3)20-15(19)17-11-7-10-13(17)14(18)12-8-5-4-6-9-12/h4-6,8-9,13H,7,10-11H2,1-3H3/t13-/m0/s1. The summed E-state index contributed by atoms with van der Waals surface area (Å²) < 4.78 is 5.37. The zero-order chi connectivity index (χ0) is 14.8. The van der Waals surface area contributed by atoms with Crippen molar-refractivity contribution in [1.29, 1.82) is 0 Å². The van der Waals surface area contributed by atoms with Gasteiger partial charge in [-0.15, -0.1) is 0 Å². The molecule has 1 saturated heterocycles. The zero-order valence-corrected chi connectivity index (χ0v) is 12.3. The lowest BCUT2D eigenvalue weighted by Gasteiger charge is -2.28. The van der Waals surface area contributed by atoms with Crippen molar-refractivity contribution in [2.24, 2.45) is 0 Å². The molecule has 0 bridgehead atoms. The summed E-state index contributed by atoms with van der Waals surface area (Å²) in [7, 11) is 0. The van der Waals surface area contributed by atoms with E-state index in [9.17, 15) is 9.59 Å². The van der Waals surface area contributed by atoms with Crippen LogP contribution in [0.25, 0.3) is 0 Å². The number of hydrogen-bond donors (Lipinski definition) is 0. The largest absolute Gasteiger partial charge is 0.444 e. The Kier molecular flexibility index (Phi) is 4.12. The van der Waals surface area contributed by atoms with E-state index in [1.54, 1.807) is 17.0 Å². The van der Waals surface area contributed by atoms with Crippen LogP contribution in [0.3, 0.4) is 0 Å². The molecule has 1 heterocycles. The first-order valence-electron chi connectivity index (χ1n) is 6.97. The molecule has 1 aliphatic heterocycles. The predicted octanol–water partition coefficient (Wildman–Crippen LogP) is 3.27. The second-order valence-corrected chi connectivity index (χ2v) is 6.06. The molecule has 0 aliphatic carbocycles. The number of ketones is 1. The molecular weight excluding hydrogens is 254 g/mol. The highest BCUT2D eigenvalue weighted by Gasteiger charge is 2.36. The van der Waals surface area contributed by atoms with Crippen LogP contribution in [0.1, 0.15) is 44.0 Å². The van der Waals surface area contributed by atoms with E-state index in [-0.39, 0.29) is 5.78 Å². The number of ether oxygens (including phenoxy) is 1. The molecule has 0 saturated carbocycles. The summed E-state index contributed by atoms with van der Waals surface area (Å²) in [5.74, 6) is -0.00559. The quantitative estimate of drug-likeness (QED) is 0.778. The van der Waals surface area contributed by atoms with Crippen molar-refractivity contribution < 1.29 is 14.3 Å². The van der Waals surface area contributed by atoms with Crippen LogP contribution in [0.4, 0.5) is 4.79 Å². The molecule has 1 aromatic rings. The molecule has 4 heteroatoms. The number of nitrogens with zero attached hydrogens (tertiary/aromatic N) is 1. The lowest BCUT2D eigenvalue weighted by Crippen LogP contribution is -2.43. The highest BCUT2D eigenvalue weighted by atomic mass is 16.6. The third-order valence-electron chi connectivity index (χ3n) is 3.24. The molecule has 0 aromatic heterocycles. The Morgan fingerprint density at radius 1 is 1.20 bits per heavy atom. The second kappa shape index (κ2) is 5.65. The predicted molar refractivity (Wildman–Crippen MR) is 76.7 cm³/mol. The van der Waals surface area contributed by atoms with E-state index in [4.69, 9.17) is 4.74 Å². The molecule has 0 N–H and O–H groups in total. The van der Waals surface area contributed by atoms with E-state index in [1.807, 2.05) is 39.0 Å². The number of Topliss-reactive ketones (excluding diaryl/α,β-unsaturated/α-hetero) is 1. The minimum atomic E-state index is -0.542. The van der Waals surface area contributed by atoms with E-state index in [0.717, 1.165) is 6.42 Å². The van der Waals surface area contributed by atoms with Gasteiger partial charge in [0.2, 0.25) is 0 Å². The average Bonchev–Trinajstić information content (AvgIpc) is 2.86. The van der Waals surface area contributed by atoms with Crippen molar-refractivity contribution in [3.8, 4) is 0 Å². The Bertz CT molecular complexity index is 490. The SMILES string of the molecule is CC(C)(C)OC(=O)N1CCC[C@H]1C(=O)c1ccccc1. The number of hydrogen-bond acceptors (Lipinski definition) is 3. The molecule has 2 rings (SSSR count). The van der Waals surface area contributed by atoms with E-state index < -0.39 is 17.7 Å². The third-order valence-corrected chi connectivity index (χ3v) is 3.24. The molecule has 1 fully saturated rings. The third kappa shape index (κ3) is 3.38. The molecule has 0 radical (unpaired) electrons. The van der Waals surface area contributed by atoms with Crippen LogP contribution in [0, 0.1) is 0 Å². The van der Waals surface area contributed by atoms with Crippen LogP contribution in [-0.4, -0.2) is 35.0 Å². The summed E-state index contributed by atoms with van der Waals surface area (Å²) in [4.78, 5) is 26.2. The fraction of sp³-hybridized carbons (Fsp3) is 0.500. The molecule has 1 atom stereocenters. The molecular formula is C16H21NO3. The minimum Gasteiger partial charge on any atom is -0.444 e. The second-order valence-electron chi connectivity index (χ2n) is 6.06. The van der Waals surface area contributed by atoms with Crippen LogP contribution in [0.15, 0.2) is 30.3 Å². The minimum absolute atomic E-state index is 0.00559. The average molecular weight is 275 g/mol. The molecule has 0 unspecified atom stereocenters. The van der Waals surface area contributed by atoms with E-state index >= 15 is 0 Å². The van der Waals surface area contributed by atoms with Gasteiger partial charge >= 0.3 is 6.09 Å². The summed E-state index contributed by atoms with van der Waals surface area (Å²) in [5, 5.41) is 0. The van der Waals surface area contributed by atoms with Crippen molar-refractivity contribution in [3.63, 3.8) is 0 Å². The summed E-state index contributed by atoms with van der Waals surface area (Å²) in [6.45, 7) is 6.07. The van der Waals surface area contributed by atoms with Crippen molar-refractivity contribution in [2.45, 2.75) is 45.3 Å². The van der Waals surface area contributed by atoms with Gasteiger partial charge in [0.15, 0.2) is 5.78 Å². The van der Waals surface area contributed by atoms with Gasteiger partial charge in [-0.3, -0.25) is 9.69 Å². The Labute approximate surface area is 119 Å². The van der Waals surface area contributed by atoms with Gasteiger partial charge in [-0.25, -0.2) is 4.79 Å². The first-order valence-corrected chi connectivity index (χ1v) is 6.97. The lowest BCUT2D eigenvalue weighted by molar-refractivity contribution is 0.0222. The molecule has 1 aliphatic rings. The van der Waals surface area contributed by atoms with Crippen LogP contribution >= 0.6 is 0 Å². The van der Waals surface area contributed by atoms with E-state index in [1.165, 1.54) is 0 Å². The van der Waals surface area contributed by atoms with Crippen LogP contribution in [0.2, 0.25) is 0 Å². The van der Waals surface area contributed by atoms with Crippen LogP contribution in [0.5, 0.6) is 0 Å². The summed E-state index contributed by atoms with van der Waals surface area (Å²) in [6.07, 6.45) is 1.14. The number of benzene rings is 1. The first kappa shape index (κ1) is 14.6. The highest BCUT2D eigenvalue weighted by Crippen LogP contribution is 2.23. The zero-order valence-electron chi connectivity index (χ0n) is 12.3. The number of likely N-dealkylation sites (tertiary alicyclic amines) is 1. The Balaban J connectivity index is 2.11. The highest BCUT2D eigenvalue weighted by molar-refractivity contribution is 6.01. The van der Waals surface area contributed by atoms with Gasteiger partial charge in [-0.2, -0.15) is 0 Å². The summed E-state index contributed by atoms with van der Waals surface area (Å²) in [5.41, 5.74) is 0.105. The maximum Gasteiger partial charge on any atom is 0.410 e. The summed E-state index contributed by atoms with van der Waals surface area (Å²) >= 11 is 0. The van der Waals surface area contributed by atoms with E-state index in [2.05, 4.69) is 0 Å². The molecule has 1 amide bonds. The van der Waals surface area contributed by atoms with Crippen molar-refractivity contribution in [3.05, 3.63) is 35.9 Å².